The fraction of sp³-hybridized carbons (Fsp3) is 0.263. The maximum Gasteiger partial charge on any atom is 0.255 e. The summed E-state index contributed by atoms with van der Waals surface area (Å²) in [7, 11) is 0. The van der Waals surface area contributed by atoms with E-state index >= 15 is 0 Å². The summed E-state index contributed by atoms with van der Waals surface area (Å²) in [5.74, 6) is -0.0629. The third-order valence-corrected chi connectivity index (χ3v) is 4.81. The van der Waals surface area contributed by atoms with E-state index < -0.39 is 0 Å². The van der Waals surface area contributed by atoms with Gasteiger partial charge in [-0.15, -0.1) is 11.3 Å². The molecule has 1 N–H and O–H groups in total. The van der Waals surface area contributed by atoms with Crippen LogP contribution in [0.4, 0.5) is 0 Å². The van der Waals surface area contributed by atoms with Crippen molar-refractivity contribution in [1.82, 2.24) is 15.1 Å². The highest BCUT2D eigenvalue weighted by Crippen LogP contribution is 2.27. The fourth-order valence-corrected chi connectivity index (χ4v) is 3.16. The summed E-state index contributed by atoms with van der Waals surface area (Å²) in [6.07, 6.45) is 2.75. The van der Waals surface area contributed by atoms with Crippen LogP contribution in [0, 0.1) is 0 Å². The molecule has 0 aliphatic heterocycles. The Kier molecular flexibility index (Phi) is 5.11. The van der Waals surface area contributed by atoms with Gasteiger partial charge >= 0.3 is 0 Å². The van der Waals surface area contributed by atoms with Gasteiger partial charge in [0.25, 0.3) is 5.91 Å². The van der Waals surface area contributed by atoms with Gasteiger partial charge in [-0.2, -0.15) is 5.10 Å². The van der Waals surface area contributed by atoms with E-state index in [1.165, 1.54) is 0 Å². The van der Waals surface area contributed by atoms with Crippen molar-refractivity contribution in [2.45, 2.75) is 32.9 Å². The van der Waals surface area contributed by atoms with Crippen LogP contribution >= 0.6 is 11.3 Å². The van der Waals surface area contributed by atoms with Crippen LogP contribution in [-0.2, 0) is 6.54 Å². The van der Waals surface area contributed by atoms with Crippen LogP contribution in [0.15, 0.2) is 54.0 Å². The van der Waals surface area contributed by atoms with Gasteiger partial charge in [-0.1, -0.05) is 43.3 Å². The van der Waals surface area contributed by atoms with Gasteiger partial charge in [0.15, 0.2) is 0 Å². The second-order valence-corrected chi connectivity index (χ2v) is 6.78. The van der Waals surface area contributed by atoms with E-state index in [0.29, 0.717) is 12.1 Å². The normalized spacial score (nSPS) is 12.1. The Morgan fingerprint density at radius 1 is 1.25 bits per heavy atom. The zero-order valence-electron chi connectivity index (χ0n) is 13.9. The lowest BCUT2D eigenvalue weighted by molar-refractivity contribution is 0.0940. The molecule has 1 aromatic carbocycles. The van der Waals surface area contributed by atoms with Gasteiger partial charge in [0.2, 0.25) is 0 Å². The van der Waals surface area contributed by atoms with Gasteiger partial charge in [0, 0.05) is 12.2 Å². The fourth-order valence-electron chi connectivity index (χ4n) is 2.44. The average Bonchev–Trinajstić information content (AvgIpc) is 3.24. The lowest BCUT2D eigenvalue weighted by atomic mass is 10.2. The average molecular weight is 339 g/mol. The van der Waals surface area contributed by atoms with Crippen LogP contribution in [0.5, 0.6) is 0 Å². The summed E-state index contributed by atoms with van der Waals surface area (Å²) in [5, 5.41) is 9.71. The van der Waals surface area contributed by atoms with Crippen molar-refractivity contribution in [1.29, 1.82) is 0 Å². The number of hydrogen-bond donors (Lipinski definition) is 1. The third kappa shape index (κ3) is 3.74. The first-order valence-corrected chi connectivity index (χ1v) is 9.01. The molecule has 0 spiro atoms. The molecule has 24 heavy (non-hydrogen) atoms. The van der Waals surface area contributed by atoms with Gasteiger partial charge in [0.1, 0.15) is 5.69 Å². The van der Waals surface area contributed by atoms with Gasteiger partial charge in [-0.05, 0) is 30.4 Å². The van der Waals surface area contributed by atoms with E-state index in [2.05, 4.69) is 29.5 Å². The number of carbonyl (C=O) groups is 1. The summed E-state index contributed by atoms with van der Waals surface area (Å²) in [4.78, 5) is 13.6. The molecule has 1 amide bonds. The summed E-state index contributed by atoms with van der Waals surface area (Å²) in [6.45, 7) is 4.72. The van der Waals surface area contributed by atoms with Crippen molar-refractivity contribution in [2.75, 3.05) is 0 Å². The Hall–Kier alpha value is -2.40. The summed E-state index contributed by atoms with van der Waals surface area (Å²) in [6, 6.07) is 14.3. The largest absolute Gasteiger partial charge is 0.349 e. The van der Waals surface area contributed by atoms with Crippen LogP contribution in [0.2, 0.25) is 0 Å². The molecule has 0 aliphatic carbocycles. The second kappa shape index (κ2) is 7.45. The third-order valence-electron chi connectivity index (χ3n) is 3.94. The highest BCUT2D eigenvalue weighted by atomic mass is 32.1. The molecule has 5 heteroatoms. The molecule has 1 atom stereocenters. The van der Waals surface area contributed by atoms with Crippen molar-refractivity contribution < 1.29 is 4.79 Å². The van der Waals surface area contributed by atoms with E-state index in [9.17, 15) is 4.79 Å². The number of thiophene rings is 1. The molecular formula is C19H21N3OS. The molecule has 3 rings (SSSR count). The Labute approximate surface area is 146 Å². The Morgan fingerprint density at radius 2 is 2.04 bits per heavy atom. The predicted octanol–water partition coefficient (Wildman–Crippen LogP) is 4.19. The lowest BCUT2D eigenvalue weighted by Gasteiger charge is -2.10. The minimum absolute atomic E-state index is 0.0629. The Morgan fingerprint density at radius 3 is 2.71 bits per heavy atom. The molecule has 2 aromatic heterocycles. The first kappa shape index (κ1) is 16.5. The van der Waals surface area contributed by atoms with Crippen molar-refractivity contribution in [2.24, 2.45) is 0 Å². The number of benzene rings is 1. The molecule has 0 radical (unpaired) electrons. The molecular weight excluding hydrogens is 318 g/mol. The van der Waals surface area contributed by atoms with Gasteiger partial charge in [-0.25, -0.2) is 0 Å². The number of carbonyl (C=O) groups excluding carboxylic acids is 1. The molecule has 0 bridgehead atoms. The molecule has 3 aromatic rings. The van der Waals surface area contributed by atoms with E-state index in [0.717, 1.165) is 22.6 Å². The van der Waals surface area contributed by atoms with Crippen LogP contribution in [0.25, 0.3) is 10.6 Å². The molecule has 0 unspecified atom stereocenters. The number of hydrogen-bond acceptors (Lipinski definition) is 3. The Balaban J connectivity index is 1.92. The van der Waals surface area contributed by atoms with E-state index in [-0.39, 0.29) is 11.9 Å². The van der Waals surface area contributed by atoms with Crippen LogP contribution in [0.3, 0.4) is 0 Å². The van der Waals surface area contributed by atoms with Crippen molar-refractivity contribution in [3.05, 3.63) is 65.2 Å². The molecule has 0 aliphatic rings. The van der Waals surface area contributed by atoms with Crippen molar-refractivity contribution in [3.63, 3.8) is 0 Å². The van der Waals surface area contributed by atoms with Gasteiger partial charge in [-0.3, -0.25) is 9.48 Å². The first-order valence-electron chi connectivity index (χ1n) is 8.13. The minimum Gasteiger partial charge on any atom is -0.349 e. The quantitative estimate of drug-likeness (QED) is 0.732. The van der Waals surface area contributed by atoms with Crippen LogP contribution < -0.4 is 5.32 Å². The molecule has 4 nitrogen and oxygen atoms in total. The standard InChI is InChI=1S/C19H21N3OS/c1-3-14(2)20-19(23)16-13-22(12-15-8-5-4-6-9-15)21-18(16)17-10-7-11-24-17/h4-11,13-14H,3,12H2,1-2H3,(H,20,23)/t14-/m0/s1. The maximum absolute atomic E-state index is 12.6. The summed E-state index contributed by atoms with van der Waals surface area (Å²) < 4.78 is 1.84. The van der Waals surface area contributed by atoms with E-state index in [4.69, 9.17) is 0 Å². The smallest absolute Gasteiger partial charge is 0.255 e. The first-order chi connectivity index (χ1) is 11.7. The van der Waals surface area contributed by atoms with Crippen LogP contribution in [-0.4, -0.2) is 21.7 Å². The number of nitrogens with one attached hydrogen (secondary N) is 1. The highest BCUT2D eigenvalue weighted by molar-refractivity contribution is 7.13. The summed E-state index contributed by atoms with van der Waals surface area (Å²) in [5.41, 5.74) is 2.54. The van der Waals surface area contributed by atoms with E-state index in [1.807, 2.05) is 53.5 Å². The van der Waals surface area contributed by atoms with E-state index in [1.54, 1.807) is 11.3 Å². The molecule has 2 heterocycles. The Bertz CT molecular complexity index is 793. The van der Waals surface area contributed by atoms with Gasteiger partial charge < -0.3 is 5.32 Å². The molecule has 124 valence electrons. The minimum atomic E-state index is -0.0629. The molecule has 0 saturated carbocycles. The topological polar surface area (TPSA) is 46.9 Å². The molecule has 0 saturated heterocycles. The maximum atomic E-state index is 12.6. The lowest BCUT2D eigenvalue weighted by Crippen LogP contribution is -2.32. The van der Waals surface area contributed by atoms with Gasteiger partial charge in [0.05, 0.1) is 17.0 Å². The van der Waals surface area contributed by atoms with Crippen molar-refractivity contribution >= 4 is 17.2 Å². The monoisotopic (exact) mass is 339 g/mol. The van der Waals surface area contributed by atoms with Crippen molar-refractivity contribution in [3.8, 4) is 10.6 Å². The van der Waals surface area contributed by atoms with Crippen LogP contribution in [0.1, 0.15) is 36.2 Å². The number of aromatic nitrogens is 2. The summed E-state index contributed by atoms with van der Waals surface area (Å²) >= 11 is 1.60. The number of amides is 1. The predicted molar refractivity (Wildman–Crippen MR) is 98.3 cm³/mol. The zero-order valence-corrected chi connectivity index (χ0v) is 14.7. The second-order valence-electron chi connectivity index (χ2n) is 5.83. The zero-order chi connectivity index (χ0) is 16.9. The number of nitrogens with zero attached hydrogens (tertiary/aromatic N) is 2. The highest BCUT2D eigenvalue weighted by Gasteiger charge is 2.19. The molecule has 0 fully saturated rings. The number of rotatable bonds is 6. The SMILES string of the molecule is CC[C@H](C)NC(=O)c1cn(Cc2ccccc2)nc1-c1cccs1.